The summed E-state index contributed by atoms with van der Waals surface area (Å²) in [5.74, 6) is 1.05. The molecule has 1 aromatic carbocycles. The number of hydrogen-bond acceptors (Lipinski definition) is 3. The SMILES string of the molecule is Cc1cccc(C2(Cc3ncnn3C)CNC2)c1. The Morgan fingerprint density at radius 1 is 1.39 bits per heavy atom. The largest absolute Gasteiger partial charge is 0.315 e. The summed E-state index contributed by atoms with van der Waals surface area (Å²) in [5.41, 5.74) is 2.91. The minimum atomic E-state index is 0.187. The Labute approximate surface area is 107 Å². The molecule has 0 bridgehead atoms. The van der Waals surface area contributed by atoms with Gasteiger partial charge < -0.3 is 5.32 Å². The summed E-state index contributed by atoms with van der Waals surface area (Å²) in [4.78, 5) is 4.35. The topological polar surface area (TPSA) is 42.7 Å². The van der Waals surface area contributed by atoms with E-state index in [0.717, 1.165) is 25.3 Å². The number of hydrogen-bond donors (Lipinski definition) is 1. The molecule has 4 nitrogen and oxygen atoms in total. The van der Waals surface area contributed by atoms with E-state index in [9.17, 15) is 0 Å². The second-order valence-electron chi connectivity index (χ2n) is 5.23. The van der Waals surface area contributed by atoms with Crippen molar-refractivity contribution >= 4 is 0 Å². The maximum Gasteiger partial charge on any atom is 0.138 e. The molecule has 0 unspecified atom stereocenters. The summed E-state index contributed by atoms with van der Waals surface area (Å²) in [6.45, 7) is 4.18. The van der Waals surface area contributed by atoms with Crippen molar-refractivity contribution in [3.63, 3.8) is 0 Å². The average molecular weight is 242 g/mol. The molecule has 2 heterocycles. The number of rotatable bonds is 3. The molecule has 3 rings (SSSR count). The number of nitrogens with zero attached hydrogens (tertiary/aromatic N) is 3. The van der Waals surface area contributed by atoms with Crippen LogP contribution in [0.4, 0.5) is 0 Å². The van der Waals surface area contributed by atoms with Crippen molar-refractivity contribution in [1.82, 2.24) is 20.1 Å². The van der Waals surface area contributed by atoms with Crippen LogP contribution in [0.15, 0.2) is 30.6 Å². The van der Waals surface area contributed by atoms with Crippen LogP contribution in [-0.2, 0) is 18.9 Å². The summed E-state index contributed by atoms with van der Waals surface area (Å²) < 4.78 is 1.87. The lowest BCUT2D eigenvalue weighted by Crippen LogP contribution is -2.58. The van der Waals surface area contributed by atoms with Gasteiger partial charge in [-0.2, -0.15) is 5.10 Å². The number of aryl methyl sites for hydroxylation is 2. The molecule has 1 fully saturated rings. The van der Waals surface area contributed by atoms with E-state index in [1.165, 1.54) is 11.1 Å². The smallest absolute Gasteiger partial charge is 0.138 e. The van der Waals surface area contributed by atoms with Crippen LogP contribution in [0.1, 0.15) is 17.0 Å². The van der Waals surface area contributed by atoms with Gasteiger partial charge >= 0.3 is 0 Å². The van der Waals surface area contributed by atoms with Crippen LogP contribution in [0.2, 0.25) is 0 Å². The first-order valence-electron chi connectivity index (χ1n) is 6.30. The standard InChI is InChI=1S/C14H18N4/c1-11-4-3-5-12(6-11)14(8-15-9-14)7-13-16-10-17-18(13)2/h3-6,10,15H,7-9H2,1-2H3. The molecule has 0 amide bonds. The molecule has 1 N–H and O–H groups in total. The third-order valence-electron chi connectivity index (χ3n) is 3.86. The first-order chi connectivity index (χ1) is 8.70. The van der Waals surface area contributed by atoms with Gasteiger partial charge in [0.2, 0.25) is 0 Å². The molecule has 18 heavy (non-hydrogen) atoms. The monoisotopic (exact) mass is 242 g/mol. The van der Waals surface area contributed by atoms with Crippen molar-refractivity contribution in [2.75, 3.05) is 13.1 Å². The van der Waals surface area contributed by atoms with E-state index in [0.29, 0.717) is 0 Å². The maximum atomic E-state index is 4.35. The zero-order valence-electron chi connectivity index (χ0n) is 10.8. The molecular formula is C14H18N4. The van der Waals surface area contributed by atoms with Crippen molar-refractivity contribution in [2.24, 2.45) is 7.05 Å². The zero-order chi connectivity index (χ0) is 12.6. The summed E-state index contributed by atoms with van der Waals surface area (Å²) in [6.07, 6.45) is 2.57. The van der Waals surface area contributed by atoms with Crippen molar-refractivity contribution < 1.29 is 0 Å². The Hall–Kier alpha value is -1.68. The van der Waals surface area contributed by atoms with Gasteiger partial charge in [0.15, 0.2) is 0 Å². The lowest BCUT2D eigenvalue weighted by molar-refractivity contribution is 0.267. The molecule has 0 atom stereocenters. The quantitative estimate of drug-likeness (QED) is 0.879. The van der Waals surface area contributed by atoms with Gasteiger partial charge in [-0.05, 0) is 12.5 Å². The van der Waals surface area contributed by atoms with Crippen LogP contribution in [-0.4, -0.2) is 27.9 Å². The van der Waals surface area contributed by atoms with Crippen LogP contribution in [0, 0.1) is 6.92 Å². The Morgan fingerprint density at radius 3 is 2.78 bits per heavy atom. The molecule has 4 heteroatoms. The molecule has 94 valence electrons. The predicted octanol–water partition coefficient (Wildman–Crippen LogP) is 1.21. The minimum absolute atomic E-state index is 0.187. The van der Waals surface area contributed by atoms with E-state index in [-0.39, 0.29) is 5.41 Å². The fourth-order valence-corrected chi connectivity index (χ4v) is 2.62. The molecule has 0 saturated carbocycles. The van der Waals surface area contributed by atoms with Crippen molar-refractivity contribution in [3.8, 4) is 0 Å². The summed E-state index contributed by atoms with van der Waals surface area (Å²) in [7, 11) is 1.96. The normalized spacial score (nSPS) is 17.4. The van der Waals surface area contributed by atoms with Gasteiger partial charge in [-0.3, -0.25) is 4.68 Å². The summed E-state index contributed by atoms with van der Waals surface area (Å²) >= 11 is 0. The third kappa shape index (κ3) is 1.82. The first kappa shape index (κ1) is 11.4. The summed E-state index contributed by atoms with van der Waals surface area (Å²) in [5, 5.41) is 7.55. The summed E-state index contributed by atoms with van der Waals surface area (Å²) in [6, 6.07) is 8.80. The highest BCUT2D eigenvalue weighted by Gasteiger charge is 2.39. The molecule has 1 saturated heterocycles. The second kappa shape index (κ2) is 4.21. The molecule has 0 aliphatic carbocycles. The van der Waals surface area contributed by atoms with Crippen LogP contribution >= 0.6 is 0 Å². The van der Waals surface area contributed by atoms with Gasteiger partial charge in [0.1, 0.15) is 12.2 Å². The van der Waals surface area contributed by atoms with Gasteiger partial charge in [-0.1, -0.05) is 29.8 Å². The van der Waals surface area contributed by atoms with Gasteiger partial charge in [-0.15, -0.1) is 0 Å². The molecule has 1 aromatic heterocycles. The molecule has 2 aromatic rings. The van der Waals surface area contributed by atoms with Gasteiger partial charge in [-0.25, -0.2) is 4.98 Å². The predicted molar refractivity (Wildman–Crippen MR) is 70.4 cm³/mol. The minimum Gasteiger partial charge on any atom is -0.315 e. The average Bonchev–Trinajstić information content (AvgIpc) is 2.69. The number of nitrogens with one attached hydrogen (secondary N) is 1. The lowest BCUT2D eigenvalue weighted by Gasteiger charge is -2.43. The highest BCUT2D eigenvalue weighted by atomic mass is 15.3. The molecule has 0 radical (unpaired) electrons. The van der Waals surface area contributed by atoms with Crippen LogP contribution < -0.4 is 5.32 Å². The van der Waals surface area contributed by atoms with E-state index >= 15 is 0 Å². The van der Waals surface area contributed by atoms with Crippen LogP contribution in [0.3, 0.4) is 0 Å². The fourth-order valence-electron chi connectivity index (χ4n) is 2.62. The van der Waals surface area contributed by atoms with E-state index in [4.69, 9.17) is 0 Å². The Kier molecular flexibility index (Phi) is 2.67. The van der Waals surface area contributed by atoms with Gasteiger partial charge in [0, 0.05) is 32.0 Å². The third-order valence-corrected chi connectivity index (χ3v) is 3.86. The van der Waals surface area contributed by atoms with Crippen LogP contribution in [0.5, 0.6) is 0 Å². The van der Waals surface area contributed by atoms with E-state index in [2.05, 4.69) is 46.6 Å². The molecular weight excluding hydrogens is 224 g/mol. The Morgan fingerprint density at radius 2 is 2.22 bits per heavy atom. The van der Waals surface area contributed by atoms with Crippen molar-refractivity contribution in [3.05, 3.63) is 47.5 Å². The molecule has 0 spiro atoms. The van der Waals surface area contributed by atoms with Crippen LogP contribution in [0.25, 0.3) is 0 Å². The maximum absolute atomic E-state index is 4.35. The van der Waals surface area contributed by atoms with Gasteiger partial charge in [0.25, 0.3) is 0 Å². The van der Waals surface area contributed by atoms with E-state index in [1.807, 2.05) is 11.7 Å². The van der Waals surface area contributed by atoms with E-state index in [1.54, 1.807) is 6.33 Å². The second-order valence-corrected chi connectivity index (χ2v) is 5.23. The molecule has 1 aliphatic heterocycles. The Bertz CT molecular complexity index is 554. The van der Waals surface area contributed by atoms with Crippen molar-refractivity contribution in [1.29, 1.82) is 0 Å². The number of aromatic nitrogens is 3. The van der Waals surface area contributed by atoms with Crippen molar-refractivity contribution in [2.45, 2.75) is 18.8 Å². The zero-order valence-corrected chi connectivity index (χ0v) is 10.8. The fraction of sp³-hybridized carbons (Fsp3) is 0.429. The highest BCUT2D eigenvalue weighted by Crippen LogP contribution is 2.32. The lowest BCUT2D eigenvalue weighted by atomic mass is 9.72. The molecule has 1 aliphatic rings. The Balaban J connectivity index is 1.93. The first-order valence-corrected chi connectivity index (χ1v) is 6.30. The highest BCUT2D eigenvalue weighted by molar-refractivity contribution is 5.34. The van der Waals surface area contributed by atoms with Gasteiger partial charge in [0.05, 0.1) is 0 Å². The van der Waals surface area contributed by atoms with E-state index < -0.39 is 0 Å². The number of benzene rings is 1.